The number of rotatable bonds is 5. The molecule has 1 saturated heterocycles. The molecule has 1 aliphatic heterocycles. The van der Waals surface area contributed by atoms with Gasteiger partial charge in [-0.05, 0) is 56.2 Å². The number of benzene rings is 1. The third-order valence-electron chi connectivity index (χ3n) is 4.70. The lowest BCUT2D eigenvalue weighted by Gasteiger charge is -2.13. The van der Waals surface area contributed by atoms with Gasteiger partial charge in [0.05, 0.1) is 17.5 Å². The van der Waals surface area contributed by atoms with Crippen LogP contribution in [0.4, 0.5) is 4.39 Å². The number of carbonyl (C=O) groups is 1. The van der Waals surface area contributed by atoms with Crippen molar-refractivity contribution in [2.75, 3.05) is 13.2 Å². The Morgan fingerprint density at radius 2 is 2.04 bits per heavy atom. The highest BCUT2D eigenvalue weighted by Crippen LogP contribution is 2.23. The first-order valence-electron chi connectivity index (χ1n) is 9.02. The zero-order valence-electron chi connectivity index (χ0n) is 15.1. The molecule has 1 aliphatic rings. The molecular weight excluding hydrogens is 347 g/mol. The molecular formula is C20H21FN4O2. The Kier molecular flexibility index (Phi) is 4.77. The maximum atomic E-state index is 13.3. The van der Waals surface area contributed by atoms with Crippen LogP contribution in [0, 0.1) is 12.7 Å². The fourth-order valence-electron chi connectivity index (χ4n) is 3.36. The molecule has 0 spiro atoms. The Balaban J connectivity index is 1.72. The quantitative estimate of drug-likeness (QED) is 0.753. The first-order chi connectivity index (χ1) is 13.1. The highest BCUT2D eigenvalue weighted by Gasteiger charge is 2.25. The van der Waals surface area contributed by atoms with Crippen molar-refractivity contribution in [3.8, 4) is 11.5 Å². The van der Waals surface area contributed by atoms with Crippen LogP contribution in [0.2, 0.25) is 0 Å². The van der Waals surface area contributed by atoms with Crippen LogP contribution in [-0.4, -0.2) is 39.5 Å². The SMILES string of the molecule is Cc1nn(-c2ccc(F)cc2)c(-n2cccc2)c1C(=O)NCC1CCCO1. The van der Waals surface area contributed by atoms with E-state index in [9.17, 15) is 9.18 Å². The summed E-state index contributed by atoms with van der Waals surface area (Å²) in [5, 5.41) is 7.52. The number of hydrogen-bond donors (Lipinski definition) is 1. The summed E-state index contributed by atoms with van der Waals surface area (Å²) in [4.78, 5) is 12.9. The first-order valence-corrected chi connectivity index (χ1v) is 9.02. The van der Waals surface area contributed by atoms with Crippen molar-refractivity contribution < 1.29 is 13.9 Å². The molecule has 3 aromatic rings. The Hall–Kier alpha value is -2.93. The average molecular weight is 368 g/mol. The van der Waals surface area contributed by atoms with Gasteiger partial charge in [0.2, 0.25) is 0 Å². The average Bonchev–Trinajstić information content (AvgIpc) is 3.41. The van der Waals surface area contributed by atoms with E-state index in [4.69, 9.17) is 4.74 Å². The van der Waals surface area contributed by atoms with Crippen LogP contribution in [0.3, 0.4) is 0 Å². The van der Waals surface area contributed by atoms with Gasteiger partial charge in [0.1, 0.15) is 11.4 Å². The van der Waals surface area contributed by atoms with Crippen LogP contribution in [0.25, 0.3) is 11.5 Å². The predicted molar refractivity (Wildman–Crippen MR) is 98.9 cm³/mol. The van der Waals surface area contributed by atoms with Gasteiger partial charge in [0, 0.05) is 25.5 Å². The largest absolute Gasteiger partial charge is 0.376 e. The molecule has 27 heavy (non-hydrogen) atoms. The molecule has 140 valence electrons. The van der Waals surface area contributed by atoms with E-state index in [0.29, 0.717) is 29.3 Å². The van der Waals surface area contributed by atoms with E-state index in [-0.39, 0.29) is 17.8 Å². The molecule has 4 rings (SSSR count). The molecule has 1 atom stereocenters. The smallest absolute Gasteiger partial charge is 0.257 e. The number of ether oxygens (including phenoxy) is 1. The second-order valence-electron chi connectivity index (χ2n) is 6.61. The number of hydrogen-bond acceptors (Lipinski definition) is 3. The molecule has 1 aromatic carbocycles. The molecule has 7 heteroatoms. The molecule has 0 bridgehead atoms. The maximum Gasteiger partial charge on any atom is 0.257 e. The minimum absolute atomic E-state index is 0.0661. The standard InChI is InChI=1S/C20H21FN4O2/c1-14-18(19(26)22-13-17-5-4-12-27-17)20(24-10-2-3-11-24)25(23-14)16-8-6-15(21)7-9-16/h2-3,6-11,17H,4-5,12-13H2,1H3,(H,22,26). The minimum atomic E-state index is -0.320. The van der Waals surface area contributed by atoms with E-state index >= 15 is 0 Å². The molecule has 1 unspecified atom stereocenters. The predicted octanol–water partition coefficient (Wildman–Crippen LogP) is 3.02. The Morgan fingerprint density at radius 3 is 2.70 bits per heavy atom. The lowest BCUT2D eigenvalue weighted by Crippen LogP contribution is -2.32. The van der Waals surface area contributed by atoms with Crippen molar-refractivity contribution in [2.24, 2.45) is 0 Å². The lowest BCUT2D eigenvalue weighted by molar-refractivity contribution is 0.0857. The van der Waals surface area contributed by atoms with Crippen LogP contribution in [0.1, 0.15) is 28.9 Å². The number of nitrogens with zero attached hydrogens (tertiary/aromatic N) is 3. The third kappa shape index (κ3) is 3.50. The summed E-state index contributed by atoms with van der Waals surface area (Å²) in [5.41, 5.74) is 1.78. The van der Waals surface area contributed by atoms with Gasteiger partial charge in [-0.1, -0.05) is 0 Å². The molecule has 1 N–H and O–H groups in total. The highest BCUT2D eigenvalue weighted by atomic mass is 19.1. The minimum Gasteiger partial charge on any atom is -0.376 e. The summed E-state index contributed by atoms with van der Waals surface area (Å²) >= 11 is 0. The summed E-state index contributed by atoms with van der Waals surface area (Å²) in [6, 6.07) is 9.80. The zero-order chi connectivity index (χ0) is 18.8. The third-order valence-corrected chi connectivity index (χ3v) is 4.70. The lowest BCUT2D eigenvalue weighted by atomic mass is 10.2. The van der Waals surface area contributed by atoms with Crippen LogP contribution in [-0.2, 0) is 4.74 Å². The van der Waals surface area contributed by atoms with E-state index in [1.54, 1.807) is 23.7 Å². The Bertz CT molecular complexity index is 926. The highest BCUT2D eigenvalue weighted by molar-refractivity contribution is 5.98. The van der Waals surface area contributed by atoms with Gasteiger partial charge in [-0.3, -0.25) is 4.79 Å². The molecule has 3 heterocycles. The Labute approximate surface area is 156 Å². The van der Waals surface area contributed by atoms with Crippen molar-refractivity contribution in [1.29, 1.82) is 0 Å². The van der Waals surface area contributed by atoms with Crippen molar-refractivity contribution >= 4 is 5.91 Å². The monoisotopic (exact) mass is 368 g/mol. The molecule has 1 fully saturated rings. The van der Waals surface area contributed by atoms with Crippen molar-refractivity contribution in [3.05, 3.63) is 65.9 Å². The van der Waals surface area contributed by atoms with Crippen LogP contribution < -0.4 is 5.32 Å². The van der Waals surface area contributed by atoms with Gasteiger partial charge in [-0.25, -0.2) is 9.07 Å². The second kappa shape index (κ2) is 7.36. The maximum absolute atomic E-state index is 13.3. The number of aryl methyl sites for hydroxylation is 1. The summed E-state index contributed by atoms with van der Waals surface area (Å²) in [6.45, 7) is 3.02. The fraction of sp³-hybridized carbons (Fsp3) is 0.300. The Morgan fingerprint density at radius 1 is 1.30 bits per heavy atom. The van der Waals surface area contributed by atoms with Gasteiger partial charge in [0.15, 0.2) is 5.82 Å². The number of amides is 1. The van der Waals surface area contributed by atoms with Gasteiger partial charge in [-0.15, -0.1) is 0 Å². The number of carbonyl (C=O) groups excluding carboxylic acids is 1. The van der Waals surface area contributed by atoms with Crippen LogP contribution in [0.15, 0.2) is 48.8 Å². The number of aromatic nitrogens is 3. The molecule has 6 nitrogen and oxygen atoms in total. The number of halogens is 1. The van der Waals surface area contributed by atoms with Crippen molar-refractivity contribution in [1.82, 2.24) is 19.7 Å². The summed E-state index contributed by atoms with van der Waals surface area (Å²) in [6.07, 6.45) is 5.76. The van der Waals surface area contributed by atoms with E-state index < -0.39 is 0 Å². The van der Waals surface area contributed by atoms with E-state index in [1.165, 1.54) is 12.1 Å². The summed E-state index contributed by atoms with van der Waals surface area (Å²) in [5.74, 6) is 0.105. The molecule has 2 aromatic heterocycles. The normalized spacial score (nSPS) is 16.6. The van der Waals surface area contributed by atoms with Crippen molar-refractivity contribution in [3.63, 3.8) is 0 Å². The van der Waals surface area contributed by atoms with Crippen LogP contribution in [0.5, 0.6) is 0 Å². The van der Waals surface area contributed by atoms with E-state index in [2.05, 4.69) is 10.4 Å². The summed E-state index contributed by atoms with van der Waals surface area (Å²) in [7, 11) is 0. The van der Waals surface area contributed by atoms with E-state index in [0.717, 1.165) is 19.4 Å². The van der Waals surface area contributed by atoms with Crippen molar-refractivity contribution in [2.45, 2.75) is 25.9 Å². The van der Waals surface area contributed by atoms with Gasteiger partial charge < -0.3 is 14.6 Å². The zero-order valence-corrected chi connectivity index (χ0v) is 15.1. The topological polar surface area (TPSA) is 61.1 Å². The van der Waals surface area contributed by atoms with Crippen LogP contribution >= 0.6 is 0 Å². The van der Waals surface area contributed by atoms with Gasteiger partial charge >= 0.3 is 0 Å². The molecule has 1 amide bonds. The molecule has 0 saturated carbocycles. The second-order valence-corrected chi connectivity index (χ2v) is 6.61. The summed E-state index contributed by atoms with van der Waals surface area (Å²) < 4.78 is 22.4. The molecule has 0 radical (unpaired) electrons. The fourth-order valence-corrected chi connectivity index (χ4v) is 3.36. The van der Waals surface area contributed by atoms with Gasteiger partial charge in [-0.2, -0.15) is 5.10 Å². The molecule has 0 aliphatic carbocycles. The van der Waals surface area contributed by atoms with Gasteiger partial charge in [0.25, 0.3) is 5.91 Å². The number of nitrogens with one attached hydrogen (secondary N) is 1. The van der Waals surface area contributed by atoms with E-state index in [1.807, 2.05) is 29.1 Å². The first kappa shape index (κ1) is 17.5.